The molecule has 5 heteroatoms. The highest BCUT2D eigenvalue weighted by molar-refractivity contribution is 6.10. The van der Waals surface area contributed by atoms with Gasteiger partial charge in [0.25, 0.3) is 0 Å². The molecule has 4 heterocycles. The van der Waals surface area contributed by atoms with E-state index in [4.69, 9.17) is 9.97 Å². The van der Waals surface area contributed by atoms with Crippen LogP contribution in [-0.4, -0.2) is 23.7 Å². The first-order valence-electron chi connectivity index (χ1n) is 20.0. The number of rotatable bonds is 6. The Labute approximate surface area is 340 Å². The Morgan fingerprint density at radius 3 is 1.36 bits per heavy atom. The van der Waals surface area contributed by atoms with Gasteiger partial charge in [0, 0.05) is 55.3 Å². The highest BCUT2D eigenvalue weighted by atomic mass is 15.1. The number of aromatic nitrogens is 5. The summed E-state index contributed by atoms with van der Waals surface area (Å²) >= 11 is 0. The third kappa shape index (κ3) is 5.33. The molecule has 0 unspecified atom stereocenters. The monoisotopic (exact) mass is 753 g/mol. The van der Waals surface area contributed by atoms with Gasteiger partial charge in [0.2, 0.25) is 0 Å². The molecule has 4 aromatic heterocycles. The van der Waals surface area contributed by atoms with Crippen LogP contribution in [0.3, 0.4) is 0 Å². The normalized spacial score (nSPS) is 11.7. The number of hydrogen-bond acceptors (Lipinski definition) is 2. The third-order valence-corrected chi connectivity index (χ3v) is 11.6. The van der Waals surface area contributed by atoms with Crippen molar-refractivity contribution in [1.29, 1.82) is 0 Å². The standard InChI is InChI=1S/C54H35N5/c1-2-17-39(18-3-1)59-53-31-13-8-24-48(53)56-54(59)38-32-37(34-41(35-38)58-51-29-11-6-22-44(51)45-23-7-12-30-52(45)58)47-26-15-25-46(55-47)36-16-14-19-40(33-36)57-49-27-9-4-20-42(49)43-21-5-10-28-50(43)57/h1-35H. The van der Waals surface area contributed by atoms with E-state index < -0.39 is 0 Å². The number of pyridine rings is 1. The maximum atomic E-state index is 5.42. The van der Waals surface area contributed by atoms with E-state index in [1.165, 1.54) is 32.6 Å². The summed E-state index contributed by atoms with van der Waals surface area (Å²) in [6, 6.07) is 75.4. The van der Waals surface area contributed by atoms with E-state index >= 15 is 0 Å². The highest BCUT2D eigenvalue weighted by Crippen LogP contribution is 2.38. The van der Waals surface area contributed by atoms with Gasteiger partial charge in [-0.3, -0.25) is 4.57 Å². The van der Waals surface area contributed by atoms with Gasteiger partial charge in [-0.1, -0.05) is 121 Å². The fraction of sp³-hybridized carbons (Fsp3) is 0. The van der Waals surface area contributed by atoms with E-state index in [0.29, 0.717) is 0 Å². The third-order valence-electron chi connectivity index (χ3n) is 11.6. The molecule has 0 aliphatic heterocycles. The van der Waals surface area contributed by atoms with Gasteiger partial charge in [0.15, 0.2) is 0 Å². The molecular weight excluding hydrogens is 719 g/mol. The minimum Gasteiger partial charge on any atom is -0.309 e. The van der Waals surface area contributed by atoms with Crippen molar-refractivity contribution in [2.75, 3.05) is 0 Å². The van der Waals surface area contributed by atoms with Gasteiger partial charge < -0.3 is 9.13 Å². The molecule has 0 amide bonds. The zero-order valence-corrected chi connectivity index (χ0v) is 31.9. The Morgan fingerprint density at radius 2 is 0.729 bits per heavy atom. The molecule has 0 N–H and O–H groups in total. The second-order valence-corrected chi connectivity index (χ2v) is 15.1. The number of para-hydroxylation sites is 7. The van der Waals surface area contributed by atoms with E-state index in [2.05, 4.69) is 226 Å². The molecule has 8 aromatic carbocycles. The minimum absolute atomic E-state index is 0.872. The van der Waals surface area contributed by atoms with Crippen LogP contribution in [0.1, 0.15) is 0 Å². The SMILES string of the molecule is c1ccc(-n2c(-c3cc(-c4cccc(-c5cccc(-n6c7ccccc7c7ccccc76)c5)n4)cc(-n4c5ccccc5c5ccccc54)c3)nc3ccccc32)cc1. The van der Waals surface area contributed by atoms with Crippen molar-refractivity contribution in [3.8, 4) is 51.0 Å². The number of imidazole rings is 1. The van der Waals surface area contributed by atoms with Gasteiger partial charge in [-0.15, -0.1) is 0 Å². The lowest BCUT2D eigenvalue weighted by molar-refractivity contribution is 1.10. The average Bonchev–Trinajstić information content (AvgIpc) is 3.98. The molecule has 0 aliphatic carbocycles. The summed E-state index contributed by atoms with van der Waals surface area (Å²) < 4.78 is 7.01. The molecule has 12 rings (SSSR count). The Balaban J connectivity index is 1.07. The van der Waals surface area contributed by atoms with Crippen LogP contribution >= 0.6 is 0 Å². The van der Waals surface area contributed by atoms with Crippen LogP contribution in [0.5, 0.6) is 0 Å². The number of hydrogen-bond donors (Lipinski definition) is 0. The zero-order chi connectivity index (χ0) is 38.9. The van der Waals surface area contributed by atoms with Crippen LogP contribution in [0, 0.1) is 0 Å². The quantitative estimate of drug-likeness (QED) is 0.170. The first kappa shape index (κ1) is 33.2. The predicted octanol–water partition coefficient (Wildman–Crippen LogP) is 13.6. The van der Waals surface area contributed by atoms with Crippen LogP contribution in [0.2, 0.25) is 0 Å². The molecular formula is C54H35N5. The summed E-state index contributed by atoms with van der Waals surface area (Å²) in [4.78, 5) is 10.7. The van der Waals surface area contributed by atoms with Crippen molar-refractivity contribution >= 4 is 54.6 Å². The van der Waals surface area contributed by atoms with Gasteiger partial charge in [0.1, 0.15) is 5.82 Å². The van der Waals surface area contributed by atoms with Gasteiger partial charge in [-0.2, -0.15) is 0 Å². The molecule has 0 aliphatic rings. The first-order valence-corrected chi connectivity index (χ1v) is 20.0. The van der Waals surface area contributed by atoms with Crippen molar-refractivity contribution in [3.05, 3.63) is 212 Å². The zero-order valence-electron chi connectivity index (χ0n) is 31.9. The van der Waals surface area contributed by atoms with Crippen molar-refractivity contribution in [1.82, 2.24) is 23.7 Å². The van der Waals surface area contributed by atoms with E-state index in [1.54, 1.807) is 0 Å². The number of fused-ring (bicyclic) bond motifs is 7. The lowest BCUT2D eigenvalue weighted by atomic mass is 10.0. The predicted molar refractivity (Wildman–Crippen MR) is 244 cm³/mol. The lowest BCUT2D eigenvalue weighted by Crippen LogP contribution is -2.00. The Bertz CT molecular complexity index is 3460. The average molecular weight is 754 g/mol. The highest BCUT2D eigenvalue weighted by Gasteiger charge is 2.20. The Kier molecular flexibility index (Phi) is 7.47. The second-order valence-electron chi connectivity index (χ2n) is 15.1. The molecule has 0 radical (unpaired) electrons. The van der Waals surface area contributed by atoms with E-state index in [1.807, 2.05) is 0 Å². The smallest absolute Gasteiger partial charge is 0.145 e. The Morgan fingerprint density at radius 1 is 0.271 bits per heavy atom. The van der Waals surface area contributed by atoms with E-state index in [9.17, 15) is 0 Å². The molecule has 5 nitrogen and oxygen atoms in total. The van der Waals surface area contributed by atoms with Crippen molar-refractivity contribution in [3.63, 3.8) is 0 Å². The maximum absolute atomic E-state index is 5.42. The largest absolute Gasteiger partial charge is 0.309 e. The molecule has 12 aromatic rings. The van der Waals surface area contributed by atoms with Gasteiger partial charge in [0.05, 0.1) is 44.5 Å². The fourth-order valence-electron chi connectivity index (χ4n) is 9.04. The van der Waals surface area contributed by atoms with Crippen LogP contribution < -0.4 is 0 Å². The topological polar surface area (TPSA) is 40.6 Å². The fourth-order valence-corrected chi connectivity index (χ4v) is 9.04. The van der Waals surface area contributed by atoms with Gasteiger partial charge in [-0.05, 0) is 91.0 Å². The summed E-state index contributed by atoms with van der Waals surface area (Å²) in [7, 11) is 0. The molecule has 59 heavy (non-hydrogen) atoms. The molecule has 0 bridgehead atoms. The molecule has 0 fully saturated rings. The lowest BCUT2D eigenvalue weighted by Gasteiger charge is -2.15. The summed E-state index contributed by atoms with van der Waals surface area (Å²) in [6.07, 6.45) is 0. The van der Waals surface area contributed by atoms with Crippen molar-refractivity contribution in [2.24, 2.45) is 0 Å². The first-order chi connectivity index (χ1) is 29.3. The molecule has 0 spiro atoms. The minimum atomic E-state index is 0.872. The summed E-state index contributed by atoms with van der Waals surface area (Å²) in [6.45, 7) is 0. The van der Waals surface area contributed by atoms with E-state index in [0.717, 1.165) is 73.0 Å². The van der Waals surface area contributed by atoms with Crippen LogP contribution in [0.25, 0.3) is 106 Å². The number of nitrogens with zero attached hydrogens (tertiary/aromatic N) is 5. The van der Waals surface area contributed by atoms with Crippen molar-refractivity contribution < 1.29 is 0 Å². The summed E-state index contributed by atoms with van der Waals surface area (Å²) in [5.74, 6) is 0.872. The maximum Gasteiger partial charge on any atom is 0.145 e. The summed E-state index contributed by atoms with van der Waals surface area (Å²) in [5, 5.41) is 4.92. The molecule has 276 valence electrons. The van der Waals surface area contributed by atoms with Gasteiger partial charge in [-0.25, -0.2) is 9.97 Å². The van der Waals surface area contributed by atoms with Crippen LogP contribution in [-0.2, 0) is 0 Å². The van der Waals surface area contributed by atoms with Gasteiger partial charge >= 0.3 is 0 Å². The molecule has 0 atom stereocenters. The Hall–Kier alpha value is -8.02. The summed E-state index contributed by atoms with van der Waals surface area (Å²) in [5.41, 5.74) is 14.7. The van der Waals surface area contributed by atoms with Crippen LogP contribution in [0.15, 0.2) is 212 Å². The van der Waals surface area contributed by atoms with Crippen LogP contribution in [0.4, 0.5) is 0 Å². The van der Waals surface area contributed by atoms with E-state index in [-0.39, 0.29) is 0 Å². The molecule has 0 saturated heterocycles. The number of benzene rings is 8. The van der Waals surface area contributed by atoms with Crippen molar-refractivity contribution in [2.45, 2.75) is 0 Å². The second kappa shape index (κ2) is 13.3. The molecule has 0 saturated carbocycles.